The van der Waals surface area contributed by atoms with Crippen molar-refractivity contribution >= 4 is 101 Å². The number of halogens is 4. The molecule has 0 aliphatic carbocycles. The smallest absolute Gasteiger partial charge is 0.301 e. The highest BCUT2D eigenvalue weighted by Gasteiger charge is 2.48. The van der Waals surface area contributed by atoms with Crippen LogP contribution in [0.2, 0.25) is 10.0 Å². The fourth-order valence-electron chi connectivity index (χ4n) is 3.89. The molecule has 12 heteroatoms. The molecule has 1 fully saturated rings. The zero-order valence-corrected chi connectivity index (χ0v) is 25.4. The first-order valence-corrected chi connectivity index (χ1v) is 15.1. The van der Waals surface area contributed by atoms with Crippen molar-refractivity contribution in [1.82, 2.24) is 10.2 Å². The summed E-state index contributed by atoms with van der Waals surface area (Å²) in [4.78, 5) is 27.9. The van der Waals surface area contributed by atoms with E-state index in [1.807, 2.05) is 18.2 Å². The van der Waals surface area contributed by atoms with Crippen LogP contribution in [0.4, 0.5) is 5.13 Å². The number of Topliss-reactive ketones (excluding diaryl/α,β-unsaturated/α-hetero) is 1. The van der Waals surface area contributed by atoms with Crippen molar-refractivity contribution in [1.29, 1.82) is 0 Å². The highest BCUT2D eigenvalue weighted by atomic mass is 79.9. The number of rotatable bonds is 6. The Morgan fingerprint density at radius 1 is 0.974 bits per heavy atom. The zero-order valence-electron chi connectivity index (χ0n) is 19.1. The van der Waals surface area contributed by atoms with Gasteiger partial charge in [-0.3, -0.25) is 14.5 Å². The molecule has 1 unspecified atom stereocenters. The van der Waals surface area contributed by atoms with Gasteiger partial charge in [0, 0.05) is 30.3 Å². The predicted octanol–water partition coefficient (Wildman–Crippen LogP) is 8.29. The van der Waals surface area contributed by atoms with E-state index in [9.17, 15) is 14.7 Å². The number of hydrogen-bond donors (Lipinski definition) is 1. The largest absolute Gasteiger partial charge is 0.507 e. The predicted molar refractivity (Wildman–Crippen MR) is 159 cm³/mol. The van der Waals surface area contributed by atoms with Crippen LogP contribution in [0.5, 0.6) is 0 Å². The number of ketones is 1. The number of aliphatic hydroxyl groups excluding tert-OH is 1. The van der Waals surface area contributed by atoms with Gasteiger partial charge in [0.2, 0.25) is 5.13 Å². The maximum absolute atomic E-state index is 13.3. The second-order valence-corrected chi connectivity index (χ2v) is 13.0. The Morgan fingerprint density at radius 2 is 1.63 bits per heavy atom. The average Bonchev–Trinajstić information content (AvgIpc) is 3.46. The number of aliphatic hydroxyl groups is 1. The van der Waals surface area contributed by atoms with E-state index in [-0.39, 0.29) is 16.5 Å². The van der Waals surface area contributed by atoms with Crippen molar-refractivity contribution < 1.29 is 14.7 Å². The lowest BCUT2D eigenvalue weighted by molar-refractivity contribution is -0.132. The molecule has 1 N–H and O–H groups in total. The molecule has 4 aromatic rings. The number of anilines is 1. The number of amides is 1. The van der Waals surface area contributed by atoms with E-state index in [1.165, 1.54) is 28.0 Å². The van der Waals surface area contributed by atoms with Crippen LogP contribution in [0.3, 0.4) is 0 Å². The molecule has 1 atom stereocenters. The number of benzene rings is 3. The minimum Gasteiger partial charge on any atom is -0.507 e. The molecule has 0 spiro atoms. The van der Waals surface area contributed by atoms with Gasteiger partial charge in [-0.1, -0.05) is 108 Å². The number of thioether (sulfide) groups is 1. The number of aromatic nitrogens is 2. The Morgan fingerprint density at radius 3 is 2.29 bits per heavy atom. The van der Waals surface area contributed by atoms with Gasteiger partial charge >= 0.3 is 5.91 Å². The Kier molecular flexibility index (Phi) is 8.27. The molecular weight excluding hydrogens is 697 g/mol. The summed E-state index contributed by atoms with van der Waals surface area (Å²) in [5, 5.41) is 21.0. The molecule has 0 radical (unpaired) electrons. The second-order valence-electron chi connectivity index (χ2n) is 8.10. The summed E-state index contributed by atoms with van der Waals surface area (Å²) in [7, 11) is 0. The minimum atomic E-state index is -0.886. The van der Waals surface area contributed by atoms with Gasteiger partial charge in [0.25, 0.3) is 5.78 Å². The van der Waals surface area contributed by atoms with Gasteiger partial charge in [-0.2, -0.15) is 0 Å². The standard InChI is InChI=1S/C26H15Br2Cl2N3O3S2/c27-16-6-1-13(2-7-16)21-20(22(34)14-3-8-17(28)9-4-14)23(35)24(36)33(21)25-31-32-26(38-25)37-12-15-5-10-18(29)11-19(15)30/h1-11,21,34H,12H2/b22-20-. The topological polar surface area (TPSA) is 83.4 Å². The van der Waals surface area contributed by atoms with Crippen LogP contribution in [0, 0.1) is 0 Å². The molecule has 6 nitrogen and oxygen atoms in total. The quantitative estimate of drug-likeness (QED) is 0.0713. The molecule has 1 amide bonds. The van der Waals surface area contributed by atoms with Crippen molar-refractivity contribution in [3.63, 3.8) is 0 Å². The normalized spacial score (nSPS) is 16.8. The van der Waals surface area contributed by atoms with Crippen LogP contribution in [0.25, 0.3) is 5.76 Å². The van der Waals surface area contributed by atoms with Gasteiger partial charge in [-0.05, 0) is 47.5 Å². The summed E-state index contributed by atoms with van der Waals surface area (Å²) in [6.07, 6.45) is 0. The van der Waals surface area contributed by atoms with E-state index < -0.39 is 17.7 Å². The number of carbonyl (C=O) groups is 2. The fourth-order valence-corrected chi connectivity index (χ4v) is 6.84. The van der Waals surface area contributed by atoms with Crippen LogP contribution in [0.1, 0.15) is 22.7 Å². The van der Waals surface area contributed by atoms with Crippen molar-refractivity contribution in [3.8, 4) is 0 Å². The summed E-state index contributed by atoms with van der Waals surface area (Å²) in [5.41, 5.74) is 1.92. The van der Waals surface area contributed by atoms with Crippen LogP contribution < -0.4 is 4.90 Å². The summed E-state index contributed by atoms with van der Waals surface area (Å²) in [6, 6.07) is 18.5. The first-order valence-electron chi connectivity index (χ1n) is 11.0. The second kappa shape index (κ2) is 11.5. The summed E-state index contributed by atoms with van der Waals surface area (Å²) in [5.74, 6) is -1.33. The van der Waals surface area contributed by atoms with Crippen LogP contribution >= 0.6 is 78.2 Å². The molecule has 1 aliphatic heterocycles. The van der Waals surface area contributed by atoms with Crippen LogP contribution in [-0.2, 0) is 15.3 Å². The van der Waals surface area contributed by atoms with Gasteiger partial charge in [-0.15, -0.1) is 10.2 Å². The van der Waals surface area contributed by atoms with Crippen molar-refractivity contribution in [2.45, 2.75) is 16.1 Å². The molecule has 0 saturated carbocycles. The van der Waals surface area contributed by atoms with Gasteiger partial charge < -0.3 is 5.11 Å². The lowest BCUT2D eigenvalue weighted by Crippen LogP contribution is -2.29. The third kappa shape index (κ3) is 5.57. The van der Waals surface area contributed by atoms with E-state index in [2.05, 4.69) is 42.1 Å². The molecule has 192 valence electrons. The monoisotopic (exact) mass is 709 g/mol. The lowest BCUT2D eigenvalue weighted by atomic mass is 9.95. The SMILES string of the molecule is O=C1C(=O)N(c2nnc(SCc3ccc(Cl)cc3Cl)s2)C(c2ccc(Br)cc2)/C1=C(/O)c1ccc(Br)cc1. The maximum Gasteiger partial charge on any atom is 0.301 e. The summed E-state index contributed by atoms with van der Waals surface area (Å²) < 4.78 is 2.25. The Balaban J connectivity index is 1.52. The number of carbonyl (C=O) groups excluding carboxylic acids is 2. The maximum atomic E-state index is 13.3. The molecule has 38 heavy (non-hydrogen) atoms. The minimum absolute atomic E-state index is 0.0167. The summed E-state index contributed by atoms with van der Waals surface area (Å²) in [6.45, 7) is 0. The van der Waals surface area contributed by atoms with Gasteiger partial charge in [-0.25, -0.2) is 0 Å². The van der Waals surface area contributed by atoms with Crippen LogP contribution in [0.15, 0.2) is 85.6 Å². The average molecular weight is 712 g/mol. The van der Waals surface area contributed by atoms with Gasteiger partial charge in [0.1, 0.15) is 5.76 Å². The van der Waals surface area contributed by atoms with Crippen molar-refractivity contribution in [2.24, 2.45) is 0 Å². The Labute approximate surface area is 252 Å². The third-order valence-corrected chi connectivity index (χ3v) is 9.46. The Bertz CT molecular complexity index is 1580. The Hall–Kier alpha value is -2.21. The lowest BCUT2D eigenvalue weighted by Gasteiger charge is -2.22. The van der Waals surface area contributed by atoms with E-state index in [0.29, 0.717) is 31.3 Å². The third-order valence-electron chi connectivity index (χ3n) is 5.72. The van der Waals surface area contributed by atoms with E-state index in [1.54, 1.807) is 48.5 Å². The fraction of sp³-hybridized carbons (Fsp3) is 0.0769. The van der Waals surface area contributed by atoms with E-state index in [4.69, 9.17) is 23.2 Å². The molecule has 0 bridgehead atoms. The molecular formula is C26H15Br2Cl2N3O3S2. The molecule has 3 aromatic carbocycles. The molecule has 1 aromatic heterocycles. The first kappa shape index (κ1) is 27.4. The highest BCUT2D eigenvalue weighted by molar-refractivity contribution is 9.10. The summed E-state index contributed by atoms with van der Waals surface area (Å²) >= 11 is 21.6. The zero-order chi connectivity index (χ0) is 27.0. The first-order chi connectivity index (χ1) is 18.2. The van der Waals surface area contributed by atoms with Crippen molar-refractivity contribution in [2.75, 3.05) is 4.90 Å². The molecule has 2 heterocycles. The molecule has 1 aliphatic rings. The number of hydrogen-bond acceptors (Lipinski definition) is 7. The van der Waals surface area contributed by atoms with E-state index in [0.717, 1.165) is 14.5 Å². The highest BCUT2D eigenvalue weighted by Crippen LogP contribution is 2.44. The number of nitrogens with zero attached hydrogens (tertiary/aromatic N) is 3. The van der Waals surface area contributed by atoms with Gasteiger partial charge in [0.05, 0.1) is 11.6 Å². The van der Waals surface area contributed by atoms with E-state index >= 15 is 0 Å². The van der Waals surface area contributed by atoms with Gasteiger partial charge in [0.15, 0.2) is 4.34 Å². The van der Waals surface area contributed by atoms with Crippen LogP contribution in [-0.4, -0.2) is 27.0 Å². The molecule has 5 rings (SSSR count). The molecule has 1 saturated heterocycles. The van der Waals surface area contributed by atoms with Crippen molar-refractivity contribution in [3.05, 3.63) is 108 Å².